The van der Waals surface area contributed by atoms with Gasteiger partial charge in [-0.1, -0.05) is 37.6 Å². The molecule has 2 aromatic rings. The Morgan fingerprint density at radius 3 is 2.48 bits per heavy atom. The first-order chi connectivity index (χ1) is 10.1. The van der Waals surface area contributed by atoms with E-state index in [1.807, 2.05) is 6.07 Å². The molecule has 0 bridgehead atoms. The van der Waals surface area contributed by atoms with Gasteiger partial charge in [-0.15, -0.1) is 0 Å². The molecule has 0 radical (unpaired) electrons. The maximum atomic E-state index is 10.2. The summed E-state index contributed by atoms with van der Waals surface area (Å²) in [4.78, 5) is 11.8. The van der Waals surface area contributed by atoms with E-state index in [4.69, 9.17) is 16.2 Å². The fourth-order valence-corrected chi connectivity index (χ4v) is 1.87. The standard InChI is InChI=1S/C14H19N5O2/c1-2-3-8-21-12(20)10-7-5-4-6-9(10)11-17-13(15)19-14(16)18-11/h4-7,12,20H,2-3,8H2,1H3,(H4,15,16,17,18,19). The highest BCUT2D eigenvalue weighted by Gasteiger charge is 2.16. The van der Waals surface area contributed by atoms with E-state index < -0.39 is 6.29 Å². The van der Waals surface area contributed by atoms with Crippen LogP contribution in [0, 0.1) is 0 Å². The quantitative estimate of drug-likeness (QED) is 0.544. The number of nitrogen functional groups attached to an aromatic ring is 2. The van der Waals surface area contributed by atoms with Gasteiger partial charge >= 0.3 is 0 Å². The average molecular weight is 289 g/mol. The molecule has 0 amide bonds. The third-order valence-electron chi connectivity index (χ3n) is 2.91. The van der Waals surface area contributed by atoms with Crippen LogP contribution in [0.4, 0.5) is 11.9 Å². The van der Waals surface area contributed by atoms with Crippen molar-refractivity contribution in [2.45, 2.75) is 26.1 Å². The smallest absolute Gasteiger partial charge is 0.225 e. The van der Waals surface area contributed by atoms with Crippen molar-refractivity contribution < 1.29 is 9.84 Å². The molecule has 1 atom stereocenters. The second-order valence-electron chi connectivity index (χ2n) is 4.54. The van der Waals surface area contributed by atoms with Crippen LogP contribution in [0.1, 0.15) is 31.6 Å². The topological polar surface area (TPSA) is 120 Å². The van der Waals surface area contributed by atoms with E-state index in [0.29, 0.717) is 23.6 Å². The summed E-state index contributed by atoms with van der Waals surface area (Å²) in [7, 11) is 0. The van der Waals surface area contributed by atoms with E-state index in [1.165, 1.54) is 0 Å². The molecule has 0 aliphatic heterocycles. The Kier molecular flexibility index (Phi) is 5.02. The van der Waals surface area contributed by atoms with Crippen LogP contribution < -0.4 is 11.5 Å². The first kappa shape index (κ1) is 15.1. The molecule has 2 rings (SSSR count). The maximum Gasteiger partial charge on any atom is 0.225 e. The summed E-state index contributed by atoms with van der Waals surface area (Å²) in [5.41, 5.74) is 12.4. The predicted octanol–water partition coefficient (Wildman–Crippen LogP) is 1.51. The van der Waals surface area contributed by atoms with Crippen LogP contribution >= 0.6 is 0 Å². The third-order valence-corrected chi connectivity index (χ3v) is 2.91. The van der Waals surface area contributed by atoms with E-state index >= 15 is 0 Å². The molecule has 1 aromatic carbocycles. The van der Waals surface area contributed by atoms with Crippen molar-refractivity contribution in [2.75, 3.05) is 18.1 Å². The molecule has 0 saturated heterocycles. The van der Waals surface area contributed by atoms with Gasteiger partial charge in [-0.25, -0.2) is 0 Å². The van der Waals surface area contributed by atoms with Crippen LogP contribution in [-0.4, -0.2) is 26.7 Å². The predicted molar refractivity (Wildman–Crippen MR) is 79.9 cm³/mol. The zero-order valence-electron chi connectivity index (χ0n) is 11.9. The summed E-state index contributed by atoms with van der Waals surface area (Å²) in [5.74, 6) is 0.385. The zero-order chi connectivity index (χ0) is 15.2. The lowest BCUT2D eigenvalue weighted by atomic mass is 10.1. The molecule has 21 heavy (non-hydrogen) atoms. The first-order valence-electron chi connectivity index (χ1n) is 6.77. The minimum absolute atomic E-state index is 0.0358. The summed E-state index contributed by atoms with van der Waals surface area (Å²) in [5, 5.41) is 10.2. The number of unbranched alkanes of at least 4 members (excludes halogenated alkanes) is 1. The van der Waals surface area contributed by atoms with E-state index in [0.717, 1.165) is 12.8 Å². The Morgan fingerprint density at radius 2 is 1.81 bits per heavy atom. The molecule has 0 aliphatic rings. The second-order valence-corrected chi connectivity index (χ2v) is 4.54. The largest absolute Gasteiger partial charge is 0.368 e. The summed E-state index contributed by atoms with van der Waals surface area (Å²) >= 11 is 0. The summed E-state index contributed by atoms with van der Waals surface area (Å²) in [6.07, 6.45) is 0.826. The van der Waals surface area contributed by atoms with Crippen molar-refractivity contribution in [3.05, 3.63) is 29.8 Å². The third kappa shape index (κ3) is 3.87. The molecule has 7 heteroatoms. The maximum absolute atomic E-state index is 10.2. The number of benzene rings is 1. The number of aromatic nitrogens is 3. The highest BCUT2D eigenvalue weighted by molar-refractivity contribution is 5.62. The number of rotatable bonds is 6. The van der Waals surface area contributed by atoms with Gasteiger partial charge in [0.25, 0.3) is 0 Å². The van der Waals surface area contributed by atoms with Crippen molar-refractivity contribution in [2.24, 2.45) is 0 Å². The van der Waals surface area contributed by atoms with Gasteiger partial charge in [-0.2, -0.15) is 15.0 Å². The number of aliphatic hydroxyl groups excluding tert-OH is 1. The minimum Gasteiger partial charge on any atom is -0.368 e. The van der Waals surface area contributed by atoms with Crippen LogP contribution in [0.5, 0.6) is 0 Å². The molecular weight excluding hydrogens is 270 g/mol. The number of ether oxygens (including phenoxy) is 1. The van der Waals surface area contributed by atoms with Crippen LogP contribution in [0.25, 0.3) is 11.4 Å². The number of nitrogens with zero attached hydrogens (tertiary/aromatic N) is 3. The van der Waals surface area contributed by atoms with Gasteiger partial charge in [0.15, 0.2) is 12.1 Å². The van der Waals surface area contributed by atoms with Crippen LogP contribution in [0.2, 0.25) is 0 Å². The molecule has 1 unspecified atom stereocenters. The SMILES string of the molecule is CCCCOC(O)c1ccccc1-c1nc(N)nc(N)n1. The van der Waals surface area contributed by atoms with Crippen molar-refractivity contribution in [3.63, 3.8) is 0 Å². The number of nitrogens with two attached hydrogens (primary N) is 2. The molecule has 112 valence electrons. The highest BCUT2D eigenvalue weighted by Crippen LogP contribution is 2.27. The lowest BCUT2D eigenvalue weighted by Gasteiger charge is -2.15. The van der Waals surface area contributed by atoms with Crippen LogP contribution in [-0.2, 0) is 4.74 Å². The zero-order valence-corrected chi connectivity index (χ0v) is 11.9. The molecule has 0 fully saturated rings. The molecule has 1 aromatic heterocycles. The lowest BCUT2D eigenvalue weighted by Crippen LogP contribution is -2.09. The van der Waals surface area contributed by atoms with Gasteiger partial charge in [-0.3, -0.25) is 0 Å². The van der Waals surface area contributed by atoms with Crippen LogP contribution in [0.3, 0.4) is 0 Å². The van der Waals surface area contributed by atoms with Crippen molar-refractivity contribution in [1.29, 1.82) is 0 Å². The summed E-state index contributed by atoms with van der Waals surface area (Å²) in [6, 6.07) is 7.14. The van der Waals surface area contributed by atoms with Gasteiger partial charge in [0, 0.05) is 11.1 Å². The molecule has 0 aliphatic carbocycles. The van der Waals surface area contributed by atoms with Crippen molar-refractivity contribution in [1.82, 2.24) is 15.0 Å². The number of hydrogen-bond donors (Lipinski definition) is 3. The van der Waals surface area contributed by atoms with Crippen molar-refractivity contribution >= 4 is 11.9 Å². The molecule has 0 saturated carbocycles. The highest BCUT2D eigenvalue weighted by atomic mass is 16.6. The number of aliphatic hydroxyl groups is 1. The fraction of sp³-hybridized carbons (Fsp3) is 0.357. The minimum atomic E-state index is -1.05. The first-order valence-corrected chi connectivity index (χ1v) is 6.77. The molecular formula is C14H19N5O2. The van der Waals surface area contributed by atoms with E-state index in [2.05, 4.69) is 21.9 Å². The monoisotopic (exact) mass is 289 g/mol. The number of hydrogen-bond acceptors (Lipinski definition) is 7. The van der Waals surface area contributed by atoms with Gasteiger partial charge in [-0.05, 0) is 6.42 Å². The molecule has 5 N–H and O–H groups in total. The number of anilines is 2. The summed E-state index contributed by atoms with van der Waals surface area (Å²) < 4.78 is 5.41. The lowest BCUT2D eigenvalue weighted by molar-refractivity contribution is -0.103. The fourth-order valence-electron chi connectivity index (χ4n) is 1.87. The summed E-state index contributed by atoms with van der Waals surface area (Å²) in [6.45, 7) is 2.54. The Bertz CT molecular complexity index is 585. The second kappa shape index (κ2) is 6.96. The Morgan fingerprint density at radius 1 is 1.14 bits per heavy atom. The molecule has 7 nitrogen and oxygen atoms in total. The van der Waals surface area contributed by atoms with Gasteiger partial charge in [0.1, 0.15) is 0 Å². The van der Waals surface area contributed by atoms with E-state index in [1.54, 1.807) is 18.2 Å². The van der Waals surface area contributed by atoms with E-state index in [-0.39, 0.29) is 11.9 Å². The molecule has 1 heterocycles. The van der Waals surface area contributed by atoms with Gasteiger partial charge in [0.2, 0.25) is 11.9 Å². The Labute approximate surface area is 123 Å². The van der Waals surface area contributed by atoms with E-state index in [9.17, 15) is 5.11 Å². The average Bonchev–Trinajstić information content (AvgIpc) is 2.46. The molecule has 0 spiro atoms. The van der Waals surface area contributed by atoms with Crippen LogP contribution in [0.15, 0.2) is 24.3 Å². The van der Waals surface area contributed by atoms with Crippen molar-refractivity contribution in [3.8, 4) is 11.4 Å². The Hall–Kier alpha value is -2.25. The normalized spacial score (nSPS) is 12.3. The Balaban J connectivity index is 2.31. The van der Waals surface area contributed by atoms with Gasteiger partial charge in [0.05, 0.1) is 6.61 Å². The van der Waals surface area contributed by atoms with Gasteiger partial charge < -0.3 is 21.3 Å².